The Morgan fingerprint density at radius 2 is 2.05 bits per heavy atom. The number of aliphatic carboxylic acids is 1. The van der Waals surface area contributed by atoms with E-state index in [4.69, 9.17) is 28.3 Å². The molecule has 0 aromatic heterocycles. The molecule has 1 aromatic carbocycles. The van der Waals surface area contributed by atoms with Crippen molar-refractivity contribution in [2.75, 3.05) is 18.4 Å². The summed E-state index contributed by atoms with van der Waals surface area (Å²) in [5.74, 6) is -1.07. The van der Waals surface area contributed by atoms with E-state index in [0.717, 1.165) is 0 Å². The standard InChI is InChI=1S/C12H14Cl2N2O3/c1-2-5-16(7-11(17)18)12(19)15-10-6-8(13)3-4-9(10)14/h3-4,6H,2,5,7H2,1H3,(H,15,19)(H,17,18). The van der Waals surface area contributed by atoms with E-state index >= 15 is 0 Å². The first-order valence-electron chi connectivity index (χ1n) is 5.66. The van der Waals surface area contributed by atoms with E-state index in [9.17, 15) is 9.59 Å². The molecule has 0 atom stereocenters. The quantitative estimate of drug-likeness (QED) is 0.876. The van der Waals surface area contributed by atoms with E-state index in [1.165, 1.54) is 11.0 Å². The third-order valence-corrected chi connectivity index (χ3v) is 2.84. The molecule has 0 bridgehead atoms. The van der Waals surface area contributed by atoms with Crippen LogP contribution in [0.25, 0.3) is 0 Å². The second kappa shape index (κ2) is 7.21. The largest absolute Gasteiger partial charge is 0.480 e. The smallest absolute Gasteiger partial charge is 0.323 e. The molecule has 0 unspecified atom stereocenters. The number of carboxylic acid groups (broad SMARTS) is 1. The van der Waals surface area contributed by atoms with Gasteiger partial charge in [-0.1, -0.05) is 30.1 Å². The fourth-order valence-electron chi connectivity index (χ4n) is 1.47. The van der Waals surface area contributed by atoms with Gasteiger partial charge in [-0.3, -0.25) is 4.79 Å². The number of hydrogen-bond acceptors (Lipinski definition) is 2. The fourth-order valence-corrected chi connectivity index (χ4v) is 1.81. The first kappa shape index (κ1) is 15.6. The summed E-state index contributed by atoms with van der Waals surface area (Å²) in [6, 6.07) is 4.14. The summed E-state index contributed by atoms with van der Waals surface area (Å²) in [6.45, 7) is 1.84. The highest BCUT2D eigenvalue weighted by Crippen LogP contribution is 2.25. The molecule has 0 spiro atoms. The normalized spacial score (nSPS) is 10.1. The monoisotopic (exact) mass is 304 g/mol. The molecule has 0 radical (unpaired) electrons. The van der Waals surface area contributed by atoms with Crippen molar-refractivity contribution >= 4 is 40.9 Å². The first-order chi connectivity index (χ1) is 8.93. The van der Waals surface area contributed by atoms with Crippen LogP contribution in [0.15, 0.2) is 18.2 Å². The lowest BCUT2D eigenvalue weighted by molar-refractivity contribution is -0.137. The number of carboxylic acids is 1. The molecular weight excluding hydrogens is 291 g/mol. The Hall–Kier alpha value is -1.46. The molecule has 1 rings (SSSR count). The first-order valence-corrected chi connectivity index (χ1v) is 6.42. The zero-order valence-electron chi connectivity index (χ0n) is 10.3. The molecule has 0 fully saturated rings. The van der Waals surface area contributed by atoms with Crippen molar-refractivity contribution < 1.29 is 14.7 Å². The van der Waals surface area contributed by atoms with Gasteiger partial charge < -0.3 is 15.3 Å². The number of benzene rings is 1. The molecule has 19 heavy (non-hydrogen) atoms. The van der Waals surface area contributed by atoms with E-state index in [-0.39, 0.29) is 6.54 Å². The summed E-state index contributed by atoms with van der Waals surface area (Å²) in [4.78, 5) is 23.8. The molecule has 0 saturated heterocycles. The van der Waals surface area contributed by atoms with Gasteiger partial charge in [0, 0.05) is 11.6 Å². The van der Waals surface area contributed by atoms with Crippen LogP contribution in [0, 0.1) is 0 Å². The molecule has 1 aromatic rings. The zero-order valence-corrected chi connectivity index (χ0v) is 11.8. The number of urea groups is 1. The number of halogens is 2. The maximum atomic E-state index is 12.0. The van der Waals surface area contributed by atoms with Gasteiger partial charge in [0.25, 0.3) is 0 Å². The predicted molar refractivity (Wildman–Crippen MR) is 75.0 cm³/mol. The number of rotatable bonds is 5. The number of carbonyl (C=O) groups is 2. The molecule has 2 N–H and O–H groups in total. The van der Waals surface area contributed by atoms with E-state index in [0.29, 0.717) is 28.7 Å². The maximum absolute atomic E-state index is 12.0. The summed E-state index contributed by atoms with van der Waals surface area (Å²) >= 11 is 11.7. The van der Waals surface area contributed by atoms with Gasteiger partial charge in [-0.2, -0.15) is 0 Å². The van der Waals surface area contributed by atoms with Gasteiger partial charge in [-0.15, -0.1) is 0 Å². The van der Waals surface area contributed by atoms with Gasteiger partial charge >= 0.3 is 12.0 Å². The third-order valence-electron chi connectivity index (χ3n) is 2.28. The number of nitrogens with one attached hydrogen (secondary N) is 1. The predicted octanol–water partition coefficient (Wildman–Crippen LogP) is 3.32. The second-order valence-electron chi connectivity index (χ2n) is 3.87. The Bertz CT molecular complexity index is 480. The highest BCUT2D eigenvalue weighted by Gasteiger charge is 2.16. The Balaban J connectivity index is 2.80. The van der Waals surface area contributed by atoms with Crippen LogP contribution in [-0.4, -0.2) is 35.1 Å². The SMILES string of the molecule is CCCN(CC(=O)O)C(=O)Nc1cc(Cl)ccc1Cl. The number of carbonyl (C=O) groups excluding carboxylic acids is 1. The molecule has 0 heterocycles. The van der Waals surface area contributed by atoms with Crippen LogP contribution in [0.1, 0.15) is 13.3 Å². The third kappa shape index (κ3) is 4.96. The van der Waals surface area contributed by atoms with Crippen molar-refractivity contribution in [3.05, 3.63) is 28.2 Å². The van der Waals surface area contributed by atoms with Crippen LogP contribution in [0.2, 0.25) is 10.0 Å². The van der Waals surface area contributed by atoms with Crippen LogP contribution in [0.5, 0.6) is 0 Å². The molecule has 2 amide bonds. The topological polar surface area (TPSA) is 69.6 Å². The Morgan fingerprint density at radius 3 is 2.63 bits per heavy atom. The summed E-state index contributed by atoms with van der Waals surface area (Å²) in [6.07, 6.45) is 0.657. The van der Waals surface area contributed by atoms with Crippen LogP contribution < -0.4 is 5.32 Å². The van der Waals surface area contributed by atoms with Crippen LogP contribution >= 0.6 is 23.2 Å². The highest BCUT2D eigenvalue weighted by atomic mass is 35.5. The molecule has 0 aliphatic carbocycles. The van der Waals surface area contributed by atoms with Gasteiger partial charge in [0.2, 0.25) is 0 Å². The molecule has 5 nitrogen and oxygen atoms in total. The lowest BCUT2D eigenvalue weighted by atomic mass is 10.3. The van der Waals surface area contributed by atoms with Gasteiger partial charge in [-0.05, 0) is 24.6 Å². The van der Waals surface area contributed by atoms with E-state index in [1.54, 1.807) is 12.1 Å². The highest BCUT2D eigenvalue weighted by molar-refractivity contribution is 6.35. The second-order valence-corrected chi connectivity index (χ2v) is 4.71. The number of hydrogen-bond donors (Lipinski definition) is 2. The molecule has 0 saturated carbocycles. The van der Waals surface area contributed by atoms with Gasteiger partial charge in [0.15, 0.2) is 0 Å². The van der Waals surface area contributed by atoms with Gasteiger partial charge in [0.05, 0.1) is 10.7 Å². The van der Waals surface area contributed by atoms with Crippen molar-refractivity contribution in [1.82, 2.24) is 4.90 Å². The number of amides is 2. The Kier molecular flexibility index (Phi) is 5.92. The van der Waals surface area contributed by atoms with Crippen LogP contribution in [-0.2, 0) is 4.79 Å². The summed E-state index contributed by atoms with van der Waals surface area (Å²) in [5, 5.41) is 12.1. The summed E-state index contributed by atoms with van der Waals surface area (Å²) in [5.41, 5.74) is 0.352. The lowest BCUT2D eigenvalue weighted by Crippen LogP contribution is -2.39. The Labute approximate surface area is 121 Å². The average molecular weight is 305 g/mol. The zero-order chi connectivity index (χ0) is 14.4. The average Bonchev–Trinajstić information content (AvgIpc) is 2.32. The molecule has 104 valence electrons. The minimum absolute atomic E-state index is 0.338. The number of anilines is 1. The van der Waals surface area contributed by atoms with Crippen LogP contribution in [0.3, 0.4) is 0 Å². The minimum atomic E-state index is -1.07. The van der Waals surface area contributed by atoms with Gasteiger partial charge in [0.1, 0.15) is 6.54 Å². The molecular formula is C12H14Cl2N2O3. The van der Waals surface area contributed by atoms with E-state index in [1.807, 2.05) is 6.92 Å². The number of nitrogens with zero attached hydrogens (tertiary/aromatic N) is 1. The van der Waals surface area contributed by atoms with Crippen molar-refractivity contribution in [3.63, 3.8) is 0 Å². The maximum Gasteiger partial charge on any atom is 0.323 e. The minimum Gasteiger partial charge on any atom is -0.480 e. The molecule has 0 aliphatic rings. The molecule has 0 aliphatic heterocycles. The summed E-state index contributed by atoms with van der Waals surface area (Å²) < 4.78 is 0. The van der Waals surface area contributed by atoms with Crippen molar-refractivity contribution in [1.29, 1.82) is 0 Å². The molecule has 7 heteroatoms. The van der Waals surface area contributed by atoms with E-state index < -0.39 is 12.0 Å². The summed E-state index contributed by atoms with van der Waals surface area (Å²) in [7, 11) is 0. The van der Waals surface area contributed by atoms with E-state index in [2.05, 4.69) is 5.32 Å². The fraction of sp³-hybridized carbons (Fsp3) is 0.333. The van der Waals surface area contributed by atoms with Gasteiger partial charge in [-0.25, -0.2) is 4.79 Å². The van der Waals surface area contributed by atoms with Crippen LogP contribution in [0.4, 0.5) is 10.5 Å². The lowest BCUT2D eigenvalue weighted by Gasteiger charge is -2.20. The Morgan fingerprint density at radius 1 is 1.37 bits per heavy atom. The van der Waals surface area contributed by atoms with Crippen molar-refractivity contribution in [2.45, 2.75) is 13.3 Å². The van der Waals surface area contributed by atoms with Crippen molar-refractivity contribution in [3.8, 4) is 0 Å². The van der Waals surface area contributed by atoms with Crippen molar-refractivity contribution in [2.24, 2.45) is 0 Å².